The van der Waals surface area contributed by atoms with E-state index in [1.165, 1.54) is 43.5 Å². The summed E-state index contributed by atoms with van der Waals surface area (Å²) >= 11 is 0. The smallest absolute Gasteiger partial charge is 0.118 e. The molecule has 2 nitrogen and oxygen atoms in total. The quantitative estimate of drug-likeness (QED) is 0.878. The first-order chi connectivity index (χ1) is 8.58. The van der Waals surface area contributed by atoms with Gasteiger partial charge in [-0.1, -0.05) is 26.3 Å². The van der Waals surface area contributed by atoms with Gasteiger partial charge in [-0.3, -0.25) is 4.90 Å². The molecule has 1 heterocycles. The first-order valence-electron chi connectivity index (χ1n) is 7.12. The second-order valence-electron chi connectivity index (χ2n) is 5.83. The number of likely N-dealkylation sites (tertiary alicyclic amines) is 1. The summed E-state index contributed by atoms with van der Waals surface area (Å²) < 4.78 is 0. The minimum absolute atomic E-state index is 0.432. The molecule has 0 atom stereocenters. The number of aromatic hydroxyl groups is 1. The summed E-state index contributed by atoms with van der Waals surface area (Å²) in [5, 5.41) is 9.87. The maximum absolute atomic E-state index is 9.87. The van der Waals surface area contributed by atoms with Gasteiger partial charge >= 0.3 is 0 Å². The summed E-state index contributed by atoms with van der Waals surface area (Å²) in [5.41, 5.74) is 3.68. The van der Waals surface area contributed by atoms with E-state index in [4.69, 9.17) is 0 Å². The molecule has 2 rings (SSSR count). The van der Waals surface area contributed by atoms with Crippen LogP contribution < -0.4 is 0 Å². The zero-order valence-corrected chi connectivity index (χ0v) is 11.9. The maximum atomic E-state index is 9.87. The lowest BCUT2D eigenvalue weighted by Crippen LogP contribution is -2.29. The van der Waals surface area contributed by atoms with Crippen LogP contribution in [0.25, 0.3) is 0 Å². The highest BCUT2D eigenvalue weighted by molar-refractivity contribution is 5.42. The lowest BCUT2D eigenvalue weighted by Gasteiger charge is -2.28. The summed E-state index contributed by atoms with van der Waals surface area (Å²) in [6.45, 7) is 9.86. The van der Waals surface area contributed by atoms with E-state index >= 15 is 0 Å². The van der Waals surface area contributed by atoms with E-state index in [0.717, 1.165) is 12.1 Å². The number of hydrogen-bond donors (Lipinski definition) is 1. The van der Waals surface area contributed by atoms with Gasteiger partial charge in [-0.15, -0.1) is 0 Å². The zero-order chi connectivity index (χ0) is 13.1. The molecule has 100 valence electrons. The van der Waals surface area contributed by atoms with Gasteiger partial charge in [0.25, 0.3) is 0 Å². The Balaban J connectivity index is 2.21. The van der Waals surface area contributed by atoms with Crippen molar-refractivity contribution in [2.24, 2.45) is 0 Å². The third kappa shape index (κ3) is 3.05. The molecule has 1 aliphatic heterocycles. The summed E-state index contributed by atoms with van der Waals surface area (Å²) in [7, 11) is 0. The monoisotopic (exact) mass is 247 g/mol. The predicted octanol–water partition coefficient (Wildman–Crippen LogP) is 3.81. The van der Waals surface area contributed by atoms with Gasteiger partial charge < -0.3 is 5.11 Å². The van der Waals surface area contributed by atoms with Crippen LogP contribution in [0.5, 0.6) is 5.75 Å². The Kier molecular flexibility index (Phi) is 4.28. The highest BCUT2D eigenvalue weighted by Crippen LogP contribution is 2.28. The van der Waals surface area contributed by atoms with Crippen molar-refractivity contribution in [1.82, 2.24) is 4.90 Å². The molecule has 0 radical (unpaired) electrons. The highest BCUT2D eigenvalue weighted by atomic mass is 16.3. The van der Waals surface area contributed by atoms with Crippen molar-refractivity contribution in [2.45, 2.75) is 52.5 Å². The van der Waals surface area contributed by atoms with Crippen LogP contribution in [0.15, 0.2) is 12.1 Å². The molecule has 18 heavy (non-hydrogen) atoms. The lowest BCUT2D eigenvalue weighted by atomic mass is 9.94. The van der Waals surface area contributed by atoms with Gasteiger partial charge in [-0.25, -0.2) is 0 Å². The van der Waals surface area contributed by atoms with Crippen LogP contribution in [0, 0.1) is 6.92 Å². The normalized spacial score (nSPS) is 17.3. The average molecular weight is 247 g/mol. The fourth-order valence-electron chi connectivity index (χ4n) is 2.81. The van der Waals surface area contributed by atoms with Crippen LogP contribution in [-0.2, 0) is 6.54 Å². The Bertz CT molecular complexity index is 406. The molecule has 1 saturated heterocycles. The fraction of sp³-hybridized carbons (Fsp3) is 0.625. The number of nitrogens with zero attached hydrogens (tertiary/aromatic N) is 1. The predicted molar refractivity (Wildman–Crippen MR) is 76.1 cm³/mol. The topological polar surface area (TPSA) is 23.5 Å². The SMILES string of the molecule is Cc1cc(CN2CCCCC2)c(C(C)C)cc1O. The standard InChI is InChI=1S/C16H25NO/c1-12(2)15-10-16(18)13(3)9-14(15)11-17-7-5-4-6-8-17/h9-10,12,18H,4-8,11H2,1-3H3. The molecule has 1 aromatic rings. The Labute approximate surface area is 111 Å². The van der Waals surface area contributed by atoms with Crippen molar-refractivity contribution in [1.29, 1.82) is 0 Å². The summed E-state index contributed by atoms with van der Waals surface area (Å²) in [6, 6.07) is 4.12. The first kappa shape index (κ1) is 13.4. The number of aryl methyl sites for hydroxylation is 1. The minimum Gasteiger partial charge on any atom is -0.508 e. The molecule has 0 bridgehead atoms. The van der Waals surface area contributed by atoms with Crippen LogP contribution in [0.2, 0.25) is 0 Å². The van der Waals surface area contributed by atoms with E-state index in [9.17, 15) is 5.11 Å². The summed E-state index contributed by atoms with van der Waals surface area (Å²) in [4.78, 5) is 2.54. The molecule has 1 aliphatic rings. The number of benzene rings is 1. The molecular weight excluding hydrogens is 222 g/mol. The van der Waals surface area contributed by atoms with E-state index in [0.29, 0.717) is 11.7 Å². The van der Waals surface area contributed by atoms with Crippen LogP contribution in [0.3, 0.4) is 0 Å². The van der Waals surface area contributed by atoms with Crippen LogP contribution in [0.4, 0.5) is 0 Å². The second-order valence-corrected chi connectivity index (χ2v) is 5.83. The molecule has 2 heteroatoms. The highest BCUT2D eigenvalue weighted by Gasteiger charge is 2.15. The lowest BCUT2D eigenvalue weighted by molar-refractivity contribution is 0.220. The number of hydrogen-bond acceptors (Lipinski definition) is 2. The summed E-state index contributed by atoms with van der Waals surface area (Å²) in [5.74, 6) is 0.900. The number of rotatable bonds is 3. The average Bonchev–Trinajstić information content (AvgIpc) is 2.34. The van der Waals surface area contributed by atoms with Gasteiger partial charge in [0.2, 0.25) is 0 Å². The third-order valence-electron chi connectivity index (χ3n) is 3.92. The Morgan fingerprint density at radius 1 is 1.17 bits per heavy atom. The van der Waals surface area contributed by atoms with Gasteiger partial charge in [0.05, 0.1) is 0 Å². The molecular formula is C16H25NO. The first-order valence-corrected chi connectivity index (χ1v) is 7.12. The second kappa shape index (κ2) is 5.75. The van der Waals surface area contributed by atoms with Crippen molar-refractivity contribution in [3.8, 4) is 5.75 Å². The van der Waals surface area contributed by atoms with Crippen molar-refractivity contribution in [3.63, 3.8) is 0 Å². The molecule has 0 amide bonds. The van der Waals surface area contributed by atoms with Gasteiger partial charge in [0.1, 0.15) is 5.75 Å². The molecule has 1 aromatic carbocycles. The maximum Gasteiger partial charge on any atom is 0.118 e. The van der Waals surface area contributed by atoms with E-state index < -0.39 is 0 Å². The van der Waals surface area contributed by atoms with Gasteiger partial charge in [0.15, 0.2) is 0 Å². The van der Waals surface area contributed by atoms with Crippen LogP contribution >= 0.6 is 0 Å². The van der Waals surface area contributed by atoms with Crippen LogP contribution in [-0.4, -0.2) is 23.1 Å². The van der Waals surface area contributed by atoms with Crippen LogP contribution in [0.1, 0.15) is 55.7 Å². The van der Waals surface area contributed by atoms with Gasteiger partial charge in [-0.05, 0) is 61.5 Å². The van der Waals surface area contributed by atoms with Crippen molar-refractivity contribution >= 4 is 0 Å². The fourth-order valence-corrected chi connectivity index (χ4v) is 2.81. The van der Waals surface area contributed by atoms with Gasteiger partial charge in [0, 0.05) is 6.54 Å². The molecule has 1 fully saturated rings. The molecule has 0 saturated carbocycles. The van der Waals surface area contributed by atoms with Gasteiger partial charge in [-0.2, -0.15) is 0 Å². The Morgan fingerprint density at radius 2 is 1.83 bits per heavy atom. The Hall–Kier alpha value is -1.02. The number of piperidine rings is 1. The van der Waals surface area contributed by atoms with Crippen molar-refractivity contribution in [2.75, 3.05) is 13.1 Å². The van der Waals surface area contributed by atoms with E-state index in [1.54, 1.807) is 0 Å². The van der Waals surface area contributed by atoms with Crippen molar-refractivity contribution in [3.05, 3.63) is 28.8 Å². The zero-order valence-electron chi connectivity index (χ0n) is 11.9. The van der Waals surface area contributed by atoms with Crippen molar-refractivity contribution < 1.29 is 5.11 Å². The molecule has 0 aromatic heterocycles. The molecule has 0 aliphatic carbocycles. The third-order valence-corrected chi connectivity index (χ3v) is 3.92. The summed E-state index contributed by atoms with van der Waals surface area (Å²) in [6.07, 6.45) is 4.03. The number of phenolic OH excluding ortho intramolecular Hbond substituents is 1. The van der Waals surface area contributed by atoms with E-state index in [2.05, 4.69) is 24.8 Å². The minimum atomic E-state index is 0.432. The largest absolute Gasteiger partial charge is 0.508 e. The van der Waals surface area contributed by atoms with E-state index in [1.807, 2.05) is 13.0 Å². The number of phenols is 1. The molecule has 0 spiro atoms. The Morgan fingerprint density at radius 3 is 2.44 bits per heavy atom. The molecule has 0 unspecified atom stereocenters. The molecule has 1 N–H and O–H groups in total. The van der Waals surface area contributed by atoms with E-state index in [-0.39, 0.29) is 0 Å².